The fourth-order valence-electron chi connectivity index (χ4n) is 2.20. The molecular weight excluding hydrogens is 290 g/mol. The normalized spacial score (nSPS) is 11.6. The molecule has 1 heterocycles. The molecule has 104 valence electrons. The molecule has 0 atom stereocenters. The molecule has 0 amide bonds. The van der Waals surface area contributed by atoms with Crippen LogP contribution in [0.1, 0.15) is 5.56 Å². The second kappa shape index (κ2) is 4.43. The first-order chi connectivity index (χ1) is 9.91. The molecule has 0 spiro atoms. The monoisotopic (exact) mass is 299 g/mol. The lowest BCUT2D eigenvalue weighted by atomic mass is 10.1. The van der Waals surface area contributed by atoms with Gasteiger partial charge in [0.2, 0.25) is 5.43 Å². The van der Waals surface area contributed by atoms with E-state index in [1.165, 1.54) is 24.3 Å². The first-order valence-electron chi connectivity index (χ1n) is 6.01. The first kappa shape index (κ1) is 13.3. The average molecular weight is 299 g/mol. The second-order valence-corrected chi connectivity index (χ2v) is 6.67. The summed E-state index contributed by atoms with van der Waals surface area (Å²) >= 11 is 0. The Morgan fingerprint density at radius 1 is 1.14 bits per heavy atom. The molecule has 0 fully saturated rings. The van der Waals surface area contributed by atoms with Gasteiger partial charge in [0, 0.05) is 12.3 Å². The van der Waals surface area contributed by atoms with E-state index >= 15 is 0 Å². The lowest BCUT2D eigenvalue weighted by Crippen LogP contribution is -2.05. The Hall–Kier alpha value is -2.65. The largest absolute Gasteiger partial charge is 0.456 e. The smallest absolute Gasteiger partial charge is 0.201 e. The van der Waals surface area contributed by atoms with Crippen LogP contribution in [-0.4, -0.2) is 14.7 Å². The van der Waals surface area contributed by atoms with Crippen molar-refractivity contribution in [3.8, 4) is 6.07 Å². The second-order valence-electron chi connectivity index (χ2n) is 4.65. The van der Waals surface area contributed by atoms with Crippen molar-refractivity contribution in [2.24, 2.45) is 0 Å². The summed E-state index contributed by atoms with van der Waals surface area (Å²) < 4.78 is 28.7. The van der Waals surface area contributed by atoms with Crippen LogP contribution in [0, 0.1) is 11.3 Å². The van der Waals surface area contributed by atoms with Gasteiger partial charge in [0.15, 0.2) is 9.84 Å². The highest BCUT2D eigenvalue weighted by Crippen LogP contribution is 2.23. The van der Waals surface area contributed by atoms with Gasteiger partial charge in [0.05, 0.1) is 21.2 Å². The quantitative estimate of drug-likeness (QED) is 0.643. The Kier molecular flexibility index (Phi) is 2.81. The Morgan fingerprint density at radius 3 is 2.57 bits per heavy atom. The minimum absolute atomic E-state index is 0.0777. The standard InChI is InChI=1S/C15H9NO4S/c1-21(18,19)10-5-6-11-13(7-10)20-12-4-2-3-9(8-16)14(12)15(11)17/h2-7H,1H3. The molecule has 0 N–H and O–H groups in total. The molecule has 0 bridgehead atoms. The van der Waals surface area contributed by atoms with Gasteiger partial charge in [-0.3, -0.25) is 4.79 Å². The van der Waals surface area contributed by atoms with Crippen LogP contribution in [0.15, 0.2) is 50.5 Å². The molecule has 0 aliphatic carbocycles. The van der Waals surface area contributed by atoms with Gasteiger partial charge in [0.25, 0.3) is 0 Å². The highest BCUT2D eigenvalue weighted by Gasteiger charge is 2.14. The van der Waals surface area contributed by atoms with Crippen molar-refractivity contribution in [3.05, 3.63) is 52.2 Å². The number of nitrogens with zero attached hydrogens (tertiary/aromatic N) is 1. The molecule has 0 aliphatic rings. The SMILES string of the molecule is CS(=O)(=O)c1ccc2c(=O)c3c(C#N)cccc3oc2c1. The van der Waals surface area contributed by atoms with E-state index in [4.69, 9.17) is 9.68 Å². The predicted molar refractivity (Wildman–Crippen MR) is 77.8 cm³/mol. The molecule has 0 radical (unpaired) electrons. The van der Waals surface area contributed by atoms with Crippen LogP contribution in [0.3, 0.4) is 0 Å². The number of nitriles is 1. The maximum atomic E-state index is 12.5. The Labute approximate surface area is 120 Å². The maximum Gasteiger partial charge on any atom is 0.201 e. The molecule has 3 rings (SSSR count). The highest BCUT2D eigenvalue weighted by atomic mass is 32.2. The van der Waals surface area contributed by atoms with E-state index in [9.17, 15) is 13.2 Å². The first-order valence-corrected chi connectivity index (χ1v) is 7.91. The zero-order valence-corrected chi connectivity index (χ0v) is 11.8. The number of hydrogen-bond acceptors (Lipinski definition) is 5. The summed E-state index contributed by atoms with van der Waals surface area (Å²) in [6.45, 7) is 0. The molecule has 0 saturated carbocycles. The van der Waals surface area contributed by atoms with Gasteiger partial charge >= 0.3 is 0 Å². The van der Waals surface area contributed by atoms with Crippen molar-refractivity contribution < 1.29 is 12.8 Å². The Balaban J connectivity index is 2.52. The van der Waals surface area contributed by atoms with Gasteiger partial charge in [-0.05, 0) is 24.3 Å². The van der Waals surface area contributed by atoms with Crippen molar-refractivity contribution in [2.45, 2.75) is 4.90 Å². The lowest BCUT2D eigenvalue weighted by Gasteiger charge is -2.04. The van der Waals surface area contributed by atoms with Crippen molar-refractivity contribution in [1.29, 1.82) is 5.26 Å². The van der Waals surface area contributed by atoms with Gasteiger partial charge in [-0.25, -0.2) is 8.42 Å². The zero-order valence-electron chi connectivity index (χ0n) is 11.0. The van der Waals surface area contributed by atoms with Gasteiger partial charge in [0.1, 0.15) is 17.2 Å². The molecule has 0 saturated heterocycles. The van der Waals surface area contributed by atoms with Crippen LogP contribution in [-0.2, 0) is 9.84 Å². The number of sulfone groups is 1. The van der Waals surface area contributed by atoms with E-state index in [2.05, 4.69) is 0 Å². The van der Waals surface area contributed by atoms with Gasteiger partial charge in [-0.2, -0.15) is 5.26 Å². The fourth-order valence-corrected chi connectivity index (χ4v) is 2.84. The van der Waals surface area contributed by atoms with Crippen molar-refractivity contribution in [2.75, 3.05) is 6.26 Å². The third kappa shape index (κ3) is 2.08. The number of fused-ring (bicyclic) bond motifs is 2. The average Bonchev–Trinajstić information content (AvgIpc) is 2.45. The molecular formula is C15H9NO4S. The zero-order chi connectivity index (χ0) is 15.2. The van der Waals surface area contributed by atoms with Crippen LogP contribution in [0.4, 0.5) is 0 Å². The van der Waals surface area contributed by atoms with E-state index in [1.807, 2.05) is 6.07 Å². The van der Waals surface area contributed by atoms with E-state index in [1.54, 1.807) is 12.1 Å². The predicted octanol–water partition coefficient (Wildman–Crippen LogP) is 2.22. The molecule has 1 aromatic heterocycles. The van der Waals surface area contributed by atoms with E-state index in [0.29, 0.717) is 0 Å². The number of rotatable bonds is 1. The van der Waals surface area contributed by atoms with Gasteiger partial charge < -0.3 is 4.42 Å². The van der Waals surface area contributed by atoms with Gasteiger partial charge in [-0.15, -0.1) is 0 Å². The van der Waals surface area contributed by atoms with Crippen LogP contribution in [0.25, 0.3) is 21.9 Å². The summed E-state index contributed by atoms with van der Waals surface area (Å²) in [4.78, 5) is 12.5. The molecule has 0 unspecified atom stereocenters. The minimum Gasteiger partial charge on any atom is -0.456 e. The Morgan fingerprint density at radius 2 is 1.90 bits per heavy atom. The van der Waals surface area contributed by atoms with Crippen LogP contribution in [0.5, 0.6) is 0 Å². The summed E-state index contributed by atoms with van der Waals surface area (Å²) in [5, 5.41) is 9.53. The molecule has 0 aliphatic heterocycles. The maximum absolute atomic E-state index is 12.5. The summed E-state index contributed by atoms with van der Waals surface area (Å²) in [5.74, 6) is 0. The van der Waals surface area contributed by atoms with E-state index in [0.717, 1.165) is 6.26 Å². The Bertz CT molecular complexity index is 1090. The van der Waals surface area contributed by atoms with Crippen molar-refractivity contribution >= 4 is 31.8 Å². The van der Waals surface area contributed by atoms with E-state index in [-0.39, 0.29) is 37.8 Å². The fraction of sp³-hybridized carbons (Fsp3) is 0.0667. The summed E-state index contributed by atoms with van der Waals surface area (Å²) in [6, 6.07) is 10.8. The minimum atomic E-state index is -3.39. The summed E-state index contributed by atoms with van der Waals surface area (Å²) in [6.07, 6.45) is 1.08. The number of hydrogen-bond donors (Lipinski definition) is 0. The van der Waals surface area contributed by atoms with Crippen LogP contribution < -0.4 is 5.43 Å². The van der Waals surface area contributed by atoms with Crippen molar-refractivity contribution in [3.63, 3.8) is 0 Å². The van der Waals surface area contributed by atoms with Crippen LogP contribution in [0.2, 0.25) is 0 Å². The number of benzene rings is 2. The van der Waals surface area contributed by atoms with Crippen LogP contribution >= 0.6 is 0 Å². The third-order valence-electron chi connectivity index (χ3n) is 3.22. The topological polar surface area (TPSA) is 88.1 Å². The van der Waals surface area contributed by atoms with E-state index < -0.39 is 9.84 Å². The van der Waals surface area contributed by atoms with Crippen molar-refractivity contribution in [1.82, 2.24) is 0 Å². The molecule has 5 nitrogen and oxygen atoms in total. The molecule has 21 heavy (non-hydrogen) atoms. The summed E-state index contributed by atoms with van der Waals surface area (Å²) in [7, 11) is -3.39. The molecule has 2 aromatic carbocycles. The summed E-state index contributed by atoms with van der Waals surface area (Å²) in [5.41, 5.74) is 0.335. The molecule has 6 heteroatoms. The third-order valence-corrected chi connectivity index (χ3v) is 4.33. The van der Waals surface area contributed by atoms with Gasteiger partial charge in [-0.1, -0.05) is 6.07 Å². The highest BCUT2D eigenvalue weighted by molar-refractivity contribution is 7.90. The lowest BCUT2D eigenvalue weighted by molar-refractivity contribution is 0.601. The molecule has 3 aromatic rings.